The highest BCUT2D eigenvalue weighted by atomic mass is 16.3. The van der Waals surface area contributed by atoms with E-state index in [-0.39, 0.29) is 11.9 Å². The maximum absolute atomic E-state index is 12.7. The molecule has 0 unspecified atom stereocenters. The standard InChI is InChI=1S/C19H20N2O2/c1-3-13(4-2)20-19(22)15-12-17(18-10-7-11-23-18)21-16-9-6-5-8-14(15)16/h5-13H,3-4H2,1-2H3,(H,20,22). The first-order valence-electron chi connectivity index (χ1n) is 7.97. The fourth-order valence-electron chi connectivity index (χ4n) is 2.67. The van der Waals surface area contributed by atoms with E-state index >= 15 is 0 Å². The van der Waals surface area contributed by atoms with Crippen molar-refractivity contribution in [1.29, 1.82) is 0 Å². The predicted octanol–water partition coefficient (Wildman–Crippen LogP) is 4.41. The van der Waals surface area contributed by atoms with Crippen LogP contribution in [0.3, 0.4) is 0 Å². The average molecular weight is 308 g/mol. The van der Waals surface area contributed by atoms with Gasteiger partial charge in [-0.15, -0.1) is 0 Å². The summed E-state index contributed by atoms with van der Waals surface area (Å²) >= 11 is 0. The lowest BCUT2D eigenvalue weighted by Crippen LogP contribution is -2.34. The molecule has 0 bridgehead atoms. The van der Waals surface area contributed by atoms with Gasteiger partial charge in [-0.2, -0.15) is 0 Å². The van der Waals surface area contributed by atoms with E-state index in [1.807, 2.05) is 36.4 Å². The van der Waals surface area contributed by atoms with E-state index in [4.69, 9.17) is 4.42 Å². The van der Waals surface area contributed by atoms with Gasteiger partial charge >= 0.3 is 0 Å². The van der Waals surface area contributed by atoms with Gasteiger partial charge in [-0.3, -0.25) is 4.79 Å². The minimum absolute atomic E-state index is 0.0647. The number of carbonyl (C=O) groups is 1. The first-order valence-corrected chi connectivity index (χ1v) is 7.97. The smallest absolute Gasteiger partial charge is 0.252 e. The number of hydrogen-bond donors (Lipinski definition) is 1. The summed E-state index contributed by atoms with van der Waals surface area (Å²) < 4.78 is 5.43. The van der Waals surface area contributed by atoms with E-state index in [1.54, 1.807) is 12.3 Å². The van der Waals surface area contributed by atoms with E-state index in [0.717, 1.165) is 23.7 Å². The summed E-state index contributed by atoms with van der Waals surface area (Å²) in [7, 11) is 0. The number of furan rings is 1. The summed E-state index contributed by atoms with van der Waals surface area (Å²) in [6.07, 6.45) is 3.43. The zero-order chi connectivity index (χ0) is 16.2. The third-order valence-electron chi connectivity index (χ3n) is 4.06. The molecule has 4 heteroatoms. The van der Waals surface area contributed by atoms with E-state index < -0.39 is 0 Å². The zero-order valence-electron chi connectivity index (χ0n) is 13.4. The Morgan fingerprint density at radius 1 is 1.17 bits per heavy atom. The lowest BCUT2D eigenvalue weighted by Gasteiger charge is -2.16. The van der Waals surface area contributed by atoms with Crippen molar-refractivity contribution >= 4 is 16.8 Å². The van der Waals surface area contributed by atoms with Gasteiger partial charge < -0.3 is 9.73 Å². The second-order valence-electron chi connectivity index (χ2n) is 5.54. The summed E-state index contributed by atoms with van der Waals surface area (Å²) in [5.41, 5.74) is 2.09. The third kappa shape index (κ3) is 3.11. The number of nitrogens with zero attached hydrogens (tertiary/aromatic N) is 1. The van der Waals surface area contributed by atoms with Crippen LogP contribution in [0.2, 0.25) is 0 Å². The Bertz CT molecular complexity index is 805. The summed E-state index contributed by atoms with van der Waals surface area (Å²) in [6, 6.07) is 13.3. The SMILES string of the molecule is CCC(CC)NC(=O)c1cc(-c2ccco2)nc2ccccc12. The van der Waals surface area contributed by atoms with E-state index in [9.17, 15) is 4.79 Å². The molecule has 1 aromatic carbocycles. The molecule has 0 radical (unpaired) electrons. The molecule has 118 valence electrons. The molecule has 0 aliphatic rings. The van der Waals surface area contributed by atoms with Crippen molar-refractivity contribution < 1.29 is 9.21 Å². The summed E-state index contributed by atoms with van der Waals surface area (Å²) in [5, 5.41) is 3.95. The van der Waals surface area contributed by atoms with Crippen LogP contribution in [0, 0.1) is 0 Å². The number of carbonyl (C=O) groups excluding carboxylic acids is 1. The van der Waals surface area contributed by atoms with Crippen molar-refractivity contribution in [2.75, 3.05) is 0 Å². The normalized spacial score (nSPS) is 11.1. The van der Waals surface area contributed by atoms with Gasteiger partial charge in [0.15, 0.2) is 5.76 Å². The zero-order valence-corrected chi connectivity index (χ0v) is 13.4. The molecule has 0 aliphatic carbocycles. The molecule has 0 saturated heterocycles. The lowest BCUT2D eigenvalue weighted by atomic mass is 10.0. The van der Waals surface area contributed by atoms with Crippen LogP contribution in [0.5, 0.6) is 0 Å². The van der Waals surface area contributed by atoms with Crippen LogP contribution < -0.4 is 5.32 Å². The third-order valence-corrected chi connectivity index (χ3v) is 4.06. The Balaban J connectivity index is 2.08. The number of hydrogen-bond acceptors (Lipinski definition) is 3. The molecule has 2 aromatic heterocycles. The Morgan fingerprint density at radius 3 is 2.65 bits per heavy atom. The largest absolute Gasteiger partial charge is 0.463 e. The number of nitrogens with one attached hydrogen (secondary N) is 1. The van der Waals surface area contributed by atoms with Gasteiger partial charge in [-0.05, 0) is 37.1 Å². The van der Waals surface area contributed by atoms with E-state index in [1.165, 1.54) is 0 Å². The van der Waals surface area contributed by atoms with Crippen molar-refractivity contribution in [3.05, 3.63) is 54.3 Å². The van der Waals surface area contributed by atoms with Crippen molar-refractivity contribution in [2.45, 2.75) is 32.7 Å². The minimum atomic E-state index is -0.0647. The molecule has 0 aliphatic heterocycles. The Labute approximate surface area is 135 Å². The van der Waals surface area contributed by atoms with Gasteiger partial charge in [-0.25, -0.2) is 4.98 Å². The van der Waals surface area contributed by atoms with Crippen molar-refractivity contribution in [1.82, 2.24) is 10.3 Å². The van der Waals surface area contributed by atoms with Gasteiger partial charge in [0.1, 0.15) is 5.69 Å². The molecule has 2 heterocycles. The van der Waals surface area contributed by atoms with Crippen LogP contribution in [-0.2, 0) is 0 Å². The van der Waals surface area contributed by atoms with Crippen LogP contribution in [0.4, 0.5) is 0 Å². The van der Waals surface area contributed by atoms with Gasteiger partial charge in [-0.1, -0.05) is 32.0 Å². The number of para-hydroxylation sites is 1. The molecular formula is C19H20N2O2. The average Bonchev–Trinajstić information content (AvgIpc) is 3.13. The predicted molar refractivity (Wildman–Crippen MR) is 91.3 cm³/mol. The monoisotopic (exact) mass is 308 g/mol. The number of benzene rings is 1. The van der Waals surface area contributed by atoms with Gasteiger partial charge in [0.2, 0.25) is 0 Å². The van der Waals surface area contributed by atoms with Crippen LogP contribution >= 0.6 is 0 Å². The van der Waals surface area contributed by atoms with Crippen molar-refractivity contribution in [2.24, 2.45) is 0 Å². The lowest BCUT2D eigenvalue weighted by molar-refractivity contribution is 0.0936. The molecule has 0 saturated carbocycles. The van der Waals surface area contributed by atoms with Crippen molar-refractivity contribution in [3.8, 4) is 11.5 Å². The minimum Gasteiger partial charge on any atom is -0.463 e. The summed E-state index contributed by atoms with van der Waals surface area (Å²) in [4.78, 5) is 17.3. The van der Waals surface area contributed by atoms with Crippen molar-refractivity contribution in [3.63, 3.8) is 0 Å². The quantitative estimate of drug-likeness (QED) is 0.759. The molecule has 3 aromatic rings. The first-order chi connectivity index (χ1) is 11.2. The fourth-order valence-corrected chi connectivity index (χ4v) is 2.67. The van der Waals surface area contributed by atoms with Gasteiger partial charge in [0.25, 0.3) is 5.91 Å². The Kier molecular flexibility index (Phi) is 4.42. The maximum Gasteiger partial charge on any atom is 0.252 e. The molecule has 3 rings (SSSR count). The summed E-state index contributed by atoms with van der Waals surface area (Å²) in [6.45, 7) is 4.15. The topological polar surface area (TPSA) is 55.1 Å². The molecule has 23 heavy (non-hydrogen) atoms. The fraction of sp³-hybridized carbons (Fsp3) is 0.263. The molecule has 0 fully saturated rings. The number of pyridine rings is 1. The number of aromatic nitrogens is 1. The Morgan fingerprint density at radius 2 is 1.96 bits per heavy atom. The van der Waals surface area contributed by atoms with Crippen LogP contribution in [0.25, 0.3) is 22.4 Å². The first kappa shape index (κ1) is 15.3. The van der Waals surface area contributed by atoms with Gasteiger partial charge in [0.05, 0.1) is 17.3 Å². The number of rotatable bonds is 5. The number of amides is 1. The number of fused-ring (bicyclic) bond motifs is 1. The molecule has 1 amide bonds. The van der Waals surface area contributed by atoms with Gasteiger partial charge in [0, 0.05) is 11.4 Å². The van der Waals surface area contributed by atoms with Crippen LogP contribution in [0.1, 0.15) is 37.0 Å². The molecular weight excluding hydrogens is 288 g/mol. The van der Waals surface area contributed by atoms with Crippen LogP contribution in [0.15, 0.2) is 53.1 Å². The highest BCUT2D eigenvalue weighted by Gasteiger charge is 2.16. The van der Waals surface area contributed by atoms with Crippen LogP contribution in [-0.4, -0.2) is 16.9 Å². The maximum atomic E-state index is 12.7. The molecule has 0 atom stereocenters. The molecule has 0 spiro atoms. The van der Waals surface area contributed by atoms with E-state index in [2.05, 4.69) is 24.1 Å². The second kappa shape index (κ2) is 6.65. The molecule has 1 N–H and O–H groups in total. The van der Waals surface area contributed by atoms with E-state index in [0.29, 0.717) is 17.0 Å². The molecule has 4 nitrogen and oxygen atoms in total. The summed E-state index contributed by atoms with van der Waals surface area (Å²) in [5.74, 6) is 0.595. The second-order valence-corrected chi connectivity index (χ2v) is 5.54. The highest BCUT2D eigenvalue weighted by molar-refractivity contribution is 6.07. The Hall–Kier alpha value is -2.62. The highest BCUT2D eigenvalue weighted by Crippen LogP contribution is 2.25.